The number of rotatable bonds is 3. The normalized spacial score (nSPS) is 11.3. The fourth-order valence-corrected chi connectivity index (χ4v) is 3.33. The Morgan fingerprint density at radius 3 is 2.50 bits per heavy atom. The molecule has 0 N–H and O–H groups in total. The first kappa shape index (κ1) is 15.1. The summed E-state index contributed by atoms with van der Waals surface area (Å²) in [5.41, 5.74) is 1.27. The molecule has 1 heterocycles. The van der Waals surface area contributed by atoms with Crippen LogP contribution < -0.4 is 5.56 Å². The number of hydrogen-bond donors (Lipinski definition) is 0. The van der Waals surface area contributed by atoms with Crippen LogP contribution in [0.15, 0.2) is 58.5 Å². The van der Waals surface area contributed by atoms with E-state index < -0.39 is 0 Å². The number of nitrogens with zero attached hydrogens (tertiary/aromatic N) is 2. The van der Waals surface area contributed by atoms with E-state index in [1.807, 2.05) is 36.4 Å². The zero-order valence-corrected chi connectivity index (χ0v) is 13.9. The first-order valence-corrected chi connectivity index (χ1v) is 8.27. The summed E-state index contributed by atoms with van der Waals surface area (Å²) in [6.45, 7) is 4.14. The Morgan fingerprint density at radius 2 is 1.77 bits per heavy atom. The van der Waals surface area contributed by atoms with Crippen LogP contribution in [0.25, 0.3) is 16.6 Å². The van der Waals surface area contributed by atoms with E-state index in [0.717, 1.165) is 0 Å². The molecule has 2 aromatic carbocycles. The van der Waals surface area contributed by atoms with Crippen LogP contribution in [0, 0.1) is 0 Å². The summed E-state index contributed by atoms with van der Waals surface area (Å²) >= 11 is 7.84. The molecule has 0 aliphatic heterocycles. The zero-order valence-electron chi connectivity index (χ0n) is 12.3. The number of benzene rings is 2. The predicted molar refractivity (Wildman–Crippen MR) is 93.3 cm³/mol. The van der Waals surface area contributed by atoms with Gasteiger partial charge in [-0.2, -0.15) is 0 Å². The molecular formula is C17H15ClN2OS. The van der Waals surface area contributed by atoms with Crippen molar-refractivity contribution in [3.63, 3.8) is 0 Å². The third kappa shape index (κ3) is 2.76. The Hall–Kier alpha value is -1.78. The Bertz CT molecular complexity index is 889. The van der Waals surface area contributed by atoms with Gasteiger partial charge in [0.05, 0.1) is 21.6 Å². The first-order chi connectivity index (χ1) is 10.6. The van der Waals surface area contributed by atoms with Crippen LogP contribution in [-0.2, 0) is 0 Å². The van der Waals surface area contributed by atoms with Crippen LogP contribution >= 0.6 is 23.4 Å². The lowest BCUT2D eigenvalue weighted by Gasteiger charge is -2.15. The number of fused-ring (bicyclic) bond motifs is 1. The lowest BCUT2D eigenvalue weighted by atomic mass is 10.2. The highest BCUT2D eigenvalue weighted by Gasteiger charge is 2.15. The highest BCUT2D eigenvalue weighted by atomic mass is 35.5. The van der Waals surface area contributed by atoms with Gasteiger partial charge in [0.1, 0.15) is 0 Å². The molecule has 0 spiro atoms. The molecule has 112 valence electrons. The van der Waals surface area contributed by atoms with Crippen LogP contribution in [0.1, 0.15) is 13.8 Å². The van der Waals surface area contributed by atoms with Gasteiger partial charge in [-0.1, -0.05) is 61.5 Å². The molecule has 0 atom stereocenters. The molecule has 0 bridgehead atoms. The maximum absolute atomic E-state index is 12.9. The third-order valence-corrected chi connectivity index (χ3v) is 4.46. The average Bonchev–Trinajstić information content (AvgIpc) is 2.48. The number of thioether (sulfide) groups is 1. The van der Waals surface area contributed by atoms with Gasteiger partial charge in [-0.3, -0.25) is 9.36 Å². The summed E-state index contributed by atoms with van der Waals surface area (Å²) in [6, 6.07) is 14.7. The molecule has 0 aliphatic rings. The van der Waals surface area contributed by atoms with Crippen LogP contribution in [0.3, 0.4) is 0 Å². The molecule has 3 rings (SSSR count). The second kappa shape index (κ2) is 6.15. The SMILES string of the molecule is CC(C)Sc1nc2ccccc2c(=O)n1-c1ccccc1Cl. The summed E-state index contributed by atoms with van der Waals surface area (Å²) in [6.07, 6.45) is 0. The quantitative estimate of drug-likeness (QED) is 0.522. The molecule has 1 aromatic heterocycles. The fraction of sp³-hybridized carbons (Fsp3) is 0.176. The molecule has 3 nitrogen and oxygen atoms in total. The van der Waals surface area contributed by atoms with Gasteiger partial charge in [0.15, 0.2) is 5.16 Å². The van der Waals surface area contributed by atoms with Crippen molar-refractivity contribution in [1.29, 1.82) is 0 Å². The van der Waals surface area contributed by atoms with Gasteiger partial charge in [0, 0.05) is 5.25 Å². The number of hydrogen-bond acceptors (Lipinski definition) is 3. The van der Waals surface area contributed by atoms with E-state index >= 15 is 0 Å². The van der Waals surface area contributed by atoms with Crippen molar-refractivity contribution >= 4 is 34.3 Å². The van der Waals surface area contributed by atoms with Crippen LogP contribution in [-0.4, -0.2) is 14.8 Å². The molecule has 0 radical (unpaired) electrons. The molecule has 0 unspecified atom stereocenters. The highest BCUT2D eigenvalue weighted by molar-refractivity contribution is 7.99. The van der Waals surface area contributed by atoms with E-state index in [9.17, 15) is 4.79 Å². The molecule has 0 fully saturated rings. The minimum absolute atomic E-state index is 0.0955. The van der Waals surface area contributed by atoms with Crippen molar-refractivity contribution in [2.75, 3.05) is 0 Å². The van der Waals surface area contributed by atoms with E-state index in [4.69, 9.17) is 11.6 Å². The average molecular weight is 331 g/mol. The Morgan fingerprint density at radius 1 is 1.09 bits per heavy atom. The number of halogens is 1. The molecule has 0 saturated carbocycles. The lowest BCUT2D eigenvalue weighted by Crippen LogP contribution is -2.22. The third-order valence-electron chi connectivity index (χ3n) is 3.18. The second-order valence-corrected chi connectivity index (χ2v) is 7.12. The van der Waals surface area contributed by atoms with Gasteiger partial charge >= 0.3 is 0 Å². The zero-order chi connectivity index (χ0) is 15.7. The molecule has 0 saturated heterocycles. The smallest absolute Gasteiger partial charge is 0.266 e. The molecule has 5 heteroatoms. The second-order valence-electron chi connectivity index (χ2n) is 5.17. The molecular weight excluding hydrogens is 316 g/mol. The molecule has 22 heavy (non-hydrogen) atoms. The summed E-state index contributed by atoms with van der Waals surface area (Å²) < 4.78 is 1.61. The summed E-state index contributed by atoms with van der Waals surface area (Å²) in [5, 5.41) is 2.09. The fourth-order valence-electron chi connectivity index (χ4n) is 2.25. The minimum atomic E-state index is -0.0955. The van der Waals surface area contributed by atoms with Gasteiger partial charge in [0.2, 0.25) is 0 Å². The van der Waals surface area contributed by atoms with Crippen molar-refractivity contribution < 1.29 is 0 Å². The number of para-hydroxylation sites is 2. The van der Waals surface area contributed by atoms with Crippen molar-refractivity contribution in [2.24, 2.45) is 0 Å². The molecule has 0 aliphatic carbocycles. The van der Waals surface area contributed by atoms with E-state index in [1.165, 1.54) is 0 Å². The van der Waals surface area contributed by atoms with Gasteiger partial charge in [-0.15, -0.1) is 0 Å². The van der Waals surface area contributed by atoms with E-state index in [2.05, 4.69) is 18.8 Å². The Kier molecular flexibility index (Phi) is 4.23. The summed E-state index contributed by atoms with van der Waals surface area (Å²) in [5.74, 6) is 0. The molecule has 0 amide bonds. The van der Waals surface area contributed by atoms with Gasteiger partial charge in [-0.05, 0) is 24.3 Å². The largest absolute Gasteiger partial charge is 0.268 e. The van der Waals surface area contributed by atoms with Gasteiger partial charge in [-0.25, -0.2) is 4.98 Å². The van der Waals surface area contributed by atoms with E-state index in [-0.39, 0.29) is 5.56 Å². The van der Waals surface area contributed by atoms with Crippen LogP contribution in [0.5, 0.6) is 0 Å². The Labute approximate surface area is 138 Å². The van der Waals surface area contributed by atoms with E-state index in [0.29, 0.717) is 32.0 Å². The Balaban J connectivity index is 2.38. The highest BCUT2D eigenvalue weighted by Crippen LogP contribution is 2.27. The van der Waals surface area contributed by atoms with Crippen LogP contribution in [0.2, 0.25) is 5.02 Å². The topological polar surface area (TPSA) is 34.9 Å². The lowest BCUT2D eigenvalue weighted by molar-refractivity contribution is 0.816. The first-order valence-electron chi connectivity index (χ1n) is 7.01. The van der Waals surface area contributed by atoms with Crippen molar-refractivity contribution in [3.8, 4) is 5.69 Å². The summed E-state index contributed by atoms with van der Waals surface area (Å²) in [4.78, 5) is 17.6. The standard InChI is InChI=1S/C17H15ClN2OS/c1-11(2)22-17-19-14-9-5-3-7-12(14)16(21)20(17)15-10-6-4-8-13(15)18/h3-11H,1-2H3. The maximum Gasteiger partial charge on any atom is 0.266 e. The predicted octanol–water partition coefficient (Wildman–Crippen LogP) is 4.54. The van der Waals surface area contributed by atoms with Crippen LogP contribution in [0.4, 0.5) is 0 Å². The van der Waals surface area contributed by atoms with Gasteiger partial charge in [0.25, 0.3) is 5.56 Å². The van der Waals surface area contributed by atoms with Crippen molar-refractivity contribution in [3.05, 3.63) is 63.9 Å². The van der Waals surface area contributed by atoms with Crippen molar-refractivity contribution in [2.45, 2.75) is 24.3 Å². The minimum Gasteiger partial charge on any atom is -0.268 e. The number of aromatic nitrogens is 2. The van der Waals surface area contributed by atoms with Crippen molar-refractivity contribution in [1.82, 2.24) is 9.55 Å². The molecule has 3 aromatic rings. The monoisotopic (exact) mass is 330 g/mol. The maximum atomic E-state index is 12.9. The van der Waals surface area contributed by atoms with Gasteiger partial charge < -0.3 is 0 Å². The van der Waals surface area contributed by atoms with E-state index in [1.54, 1.807) is 28.5 Å². The summed E-state index contributed by atoms with van der Waals surface area (Å²) in [7, 11) is 0.